The van der Waals surface area contributed by atoms with Crippen LogP contribution in [-0.4, -0.2) is 27.6 Å². The minimum Gasteiger partial charge on any atom is -0.493 e. The maximum Gasteiger partial charge on any atom is 0.417 e. The lowest BCUT2D eigenvalue weighted by Gasteiger charge is -2.13. The molecule has 0 aliphatic carbocycles. The fraction of sp³-hybridized carbons (Fsp3) is 0.190. The van der Waals surface area contributed by atoms with E-state index in [0.717, 1.165) is 6.07 Å². The van der Waals surface area contributed by atoms with Crippen molar-refractivity contribution in [2.75, 3.05) is 17.2 Å². The Bertz CT molecular complexity index is 1300. The summed E-state index contributed by atoms with van der Waals surface area (Å²) in [7, 11) is 0. The minimum absolute atomic E-state index is 0. The molecule has 0 fully saturated rings. The minimum atomic E-state index is -4.75. The number of carbonyl (C=O) groups excluding carboxylic acids is 1. The highest BCUT2D eigenvalue weighted by molar-refractivity contribution is 6.00. The average Bonchev–Trinajstić information content (AvgIpc) is 2.75. The number of aromatic nitrogens is 3. The molecule has 0 aliphatic rings. The lowest BCUT2D eigenvalue weighted by molar-refractivity contribution is -0.137. The quantitative estimate of drug-likeness (QED) is 0.478. The Morgan fingerprint density at radius 2 is 2.00 bits per heavy atom. The zero-order valence-electron chi connectivity index (χ0n) is 17.8. The zero-order valence-corrected chi connectivity index (χ0v) is 18.6. The summed E-state index contributed by atoms with van der Waals surface area (Å²) in [5, 5.41) is 13.6. The molecule has 0 spiro atoms. The van der Waals surface area contributed by atoms with Crippen molar-refractivity contribution >= 4 is 29.8 Å². The summed E-state index contributed by atoms with van der Waals surface area (Å²) in [4.78, 5) is 34.8. The van der Waals surface area contributed by atoms with E-state index < -0.39 is 23.3 Å². The third-order valence-corrected chi connectivity index (χ3v) is 4.36. The molecule has 0 bridgehead atoms. The molecule has 0 saturated heterocycles. The van der Waals surface area contributed by atoms with Crippen LogP contribution in [-0.2, 0) is 6.18 Å². The first-order valence-electron chi connectivity index (χ1n) is 9.51. The smallest absolute Gasteiger partial charge is 0.417 e. The molecule has 0 radical (unpaired) electrons. The number of hydrogen-bond donors (Lipinski definition) is 3. The fourth-order valence-electron chi connectivity index (χ4n) is 2.86. The van der Waals surface area contributed by atoms with Crippen molar-refractivity contribution < 1.29 is 22.7 Å². The summed E-state index contributed by atoms with van der Waals surface area (Å²) in [5.41, 5.74) is -1.20. The van der Waals surface area contributed by atoms with Crippen LogP contribution in [0.4, 0.5) is 29.3 Å². The van der Waals surface area contributed by atoms with E-state index in [2.05, 4.69) is 25.6 Å². The molecular weight excluding hydrogens is 477 g/mol. The van der Waals surface area contributed by atoms with Gasteiger partial charge in [-0.25, -0.2) is 14.8 Å². The molecule has 34 heavy (non-hydrogen) atoms. The van der Waals surface area contributed by atoms with Crippen LogP contribution in [0.25, 0.3) is 11.4 Å². The number of pyridine rings is 1. The summed E-state index contributed by atoms with van der Waals surface area (Å²) in [6.45, 7) is 3.67. The number of hydrogen-bond acceptors (Lipinski definition) is 6. The number of amides is 2. The summed E-state index contributed by atoms with van der Waals surface area (Å²) in [6.07, 6.45) is -2.02. The average molecular weight is 495 g/mol. The number of ether oxygens (including phenoxy) is 1. The standard InChI is InChI=1S/C21H17F3N6O3.ClH/c1-3-33-17-7-18(31)26-9-14(17)19-27-10-16(11(2)28-19)30-20(32)29-13-5-4-12(8-25)15(6-13)21(22,23)24;/h4-7,9-10H,3H2,1-2H3,(H,26,31)(H2,29,30,32);1H. The lowest BCUT2D eigenvalue weighted by Crippen LogP contribution is -2.21. The second-order valence-electron chi connectivity index (χ2n) is 6.65. The number of aryl methyl sites for hydroxylation is 1. The van der Waals surface area contributed by atoms with E-state index in [1.54, 1.807) is 13.8 Å². The Balaban J connectivity index is 0.00000408. The second-order valence-corrected chi connectivity index (χ2v) is 6.65. The first kappa shape index (κ1) is 26.1. The van der Waals surface area contributed by atoms with Crippen molar-refractivity contribution in [1.82, 2.24) is 15.0 Å². The van der Waals surface area contributed by atoms with Crippen LogP contribution in [0, 0.1) is 18.3 Å². The largest absolute Gasteiger partial charge is 0.493 e. The number of nitrogens with zero attached hydrogens (tertiary/aromatic N) is 3. The number of nitrogens with one attached hydrogen (secondary N) is 3. The van der Waals surface area contributed by atoms with Crippen LogP contribution < -0.4 is 20.9 Å². The van der Waals surface area contributed by atoms with Gasteiger partial charge in [0, 0.05) is 18.0 Å². The number of urea groups is 1. The van der Waals surface area contributed by atoms with Gasteiger partial charge in [-0.3, -0.25) is 4.79 Å². The van der Waals surface area contributed by atoms with Gasteiger partial charge in [-0.05, 0) is 32.0 Å². The van der Waals surface area contributed by atoms with E-state index in [1.165, 1.54) is 30.6 Å². The van der Waals surface area contributed by atoms with Gasteiger partial charge in [0.2, 0.25) is 0 Å². The van der Waals surface area contributed by atoms with Crippen LogP contribution in [0.5, 0.6) is 5.75 Å². The van der Waals surface area contributed by atoms with Crippen LogP contribution in [0.1, 0.15) is 23.7 Å². The van der Waals surface area contributed by atoms with Gasteiger partial charge in [-0.1, -0.05) is 0 Å². The van der Waals surface area contributed by atoms with Crippen LogP contribution in [0.15, 0.2) is 41.5 Å². The Morgan fingerprint density at radius 1 is 1.26 bits per heavy atom. The summed E-state index contributed by atoms with van der Waals surface area (Å²) < 4.78 is 44.8. The highest BCUT2D eigenvalue weighted by Gasteiger charge is 2.34. The summed E-state index contributed by atoms with van der Waals surface area (Å²) in [6, 6.07) is 4.75. The maximum atomic E-state index is 13.1. The van der Waals surface area contributed by atoms with E-state index in [9.17, 15) is 22.8 Å². The Morgan fingerprint density at radius 3 is 2.62 bits per heavy atom. The topological polar surface area (TPSA) is 133 Å². The summed E-state index contributed by atoms with van der Waals surface area (Å²) in [5.74, 6) is 0.528. The number of rotatable bonds is 5. The number of carbonyl (C=O) groups is 1. The predicted molar refractivity (Wildman–Crippen MR) is 120 cm³/mol. The number of benzene rings is 1. The lowest BCUT2D eigenvalue weighted by atomic mass is 10.1. The molecule has 0 aliphatic heterocycles. The molecule has 3 N–H and O–H groups in total. The molecule has 178 valence electrons. The monoisotopic (exact) mass is 494 g/mol. The van der Waals surface area contributed by atoms with Gasteiger partial charge in [0.25, 0.3) is 5.56 Å². The number of H-pyrrole nitrogens is 1. The van der Waals surface area contributed by atoms with Crippen LogP contribution in [0.3, 0.4) is 0 Å². The van der Waals surface area contributed by atoms with Gasteiger partial charge in [-0.15, -0.1) is 12.4 Å². The molecule has 2 heterocycles. The molecule has 0 saturated carbocycles. The number of nitriles is 1. The van der Waals surface area contributed by atoms with E-state index in [4.69, 9.17) is 10.00 Å². The number of halogens is 4. The third-order valence-electron chi connectivity index (χ3n) is 4.36. The molecule has 2 amide bonds. The highest BCUT2D eigenvalue weighted by atomic mass is 35.5. The van der Waals surface area contributed by atoms with Crippen LogP contribution in [0.2, 0.25) is 0 Å². The maximum absolute atomic E-state index is 13.1. The first-order valence-corrected chi connectivity index (χ1v) is 9.51. The number of anilines is 2. The van der Waals surface area contributed by atoms with Crippen LogP contribution >= 0.6 is 12.4 Å². The van der Waals surface area contributed by atoms with E-state index in [0.29, 0.717) is 29.7 Å². The van der Waals surface area contributed by atoms with Crippen molar-refractivity contribution in [3.05, 3.63) is 63.8 Å². The van der Waals surface area contributed by atoms with E-state index in [1.807, 2.05) is 0 Å². The molecule has 0 unspecified atom stereocenters. The van der Waals surface area contributed by atoms with Crippen molar-refractivity contribution in [3.63, 3.8) is 0 Å². The Kier molecular flexibility index (Phi) is 8.21. The number of aromatic amines is 1. The normalized spacial score (nSPS) is 10.6. The Labute approximate surface area is 197 Å². The second kappa shape index (κ2) is 10.7. The fourth-order valence-corrected chi connectivity index (χ4v) is 2.86. The zero-order chi connectivity index (χ0) is 24.2. The Hall–Kier alpha value is -4.11. The first-order chi connectivity index (χ1) is 15.6. The van der Waals surface area contributed by atoms with Gasteiger partial charge in [0.15, 0.2) is 5.82 Å². The SMILES string of the molecule is CCOc1cc(=O)[nH]cc1-c1ncc(NC(=O)Nc2ccc(C#N)c(C(F)(F)F)c2)c(C)n1.Cl. The van der Waals surface area contributed by atoms with E-state index >= 15 is 0 Å². The molecule has 3 rings (SSSR count). The molecular formula is C21H18ClF3N6O3. The number of alkyl halides is 3. The molecule has 9 nitrogen and oxygen atoms in total. The third kappa shape index (κ3) is 6.02. The van der Waals surface area contributed by atoms with Crippen molar-refractivity contribution in [3.8, 4) is 23.2 Å². The summed E-state index contributed by atoms with van der Waals surface area (Å²) >= 11 is 0. The van der Waals surface area contributed by atoms with Gasteiger partial charge in [0.05, 0.1) is 46.9 Å². The van der Waals surface area contributed by atoms with Gasteiger partial charge in [0.1, 0.15) is 5.75 Å². The van der Waals surface area contributed by atoms with Gasteiger partial charge < -0.3 is 20.4 Å². The molecule has 1 aromatic carbocycles. The van der Waals surface area contributed by atoms with Gasteiger partial charge >= 0.3 is 12.2 Å². The van der Waals surface area contributed by atoms with Crippen molar-refractivity contribution in [1.29, 1.82) is 5.26 Å². The molecule has 13 heteroatoms. The van der Waals surface area contributed by atoms with Crippen molar-refractivity contribution in [2.45, 2.75) is 20.0 Å². The predicted octanol–water partition coefficient (Wildman–Crippen LogP) is 4.50. The van der Waals surface area contributed by atoms with E-state index in [-0.39, 0.29) is 35.2 Å². The van der Waals surface area contributed by atoms with Crippen molar-refractivity contribution in [2.24, 2.45) is 0 Å². The highest BCUT2D eigenvalue weighted by Crippen LogP contribution is 2.33. The molecule has 3 aromatic rings. The molecule has 2 aromatic heterocycles. The molecule has 0 atom stereocenters. The van der Waals surface area contributed by atoms with Gasteiger partial charge in [-0.2, -0.15) is 18.4 Å².